The van der Waals surface area contributed by atoms with E-state index in [-0.39, 0.29) is 0 Å². The first-order chi connectivity index (χ1) is 7.70. The molecule has 1 aromatic carbocycles. The number of nitrogens with zero attached hydrogens (tertiary/aromatic N) is 3. The number of carbonyl (C=O) groups excluding carboxylic acids is 1. The summed E-state index contributed by atoms with van der Waals surface area (Å²) in [5.74, 6) is 0. The number of hydrogen-bond acceptors (Lipinski definition) is 4. The van der Waals surface area contributed by atoms with E-state index in [9.17, 15) is 4.79 Å². The summed E-state index contributed by atoms with van der Waals surface area (Å²) in [6, 6.07) is 5.50. The fraction of sp³-hybridized carbons (Fsp3) is 0.100. The van der Waals surface area contributed by atoms with Crippen LogP contribution in [0, 0.1) is 0 Å². The zero-order valence-corrected chi connectivity index (χ0v) is 10.8. The maximum atomic E-state index is 10.9. The molecule has 0 radical (unpaired) electrons. The predicted octanol–water partition coefficient (Wildman–Crippen LogP) is 2.54. The Hall–Kier alpha value is -1.14. The molecule has 0 fully saturated rings. The molecule has 0 aliphatic heterocycles. The van der Waals surface area contributed by atoms with Crippen LogP contribution in [-0.2, 0) is 7.05 Å². The third kappa shape index (κ3) is 2.33. The molecule has 2 aromatic rings. The Labute approximate surface area is 105 Å². The number of carbonyl (C=O) groups is 1. The van der Waals surface area contributed by atoms with Gasteiger partial charge in [0, 0.05) is 22.0 Å². The van der Waals surface area contributed by atoms with Crippen molar-refractivity contribution in [3.63, 3.8) is 0 Å². The minimum absolute atomic E-state index is 0.649. The minimum Gasteiger partial charge on any atom is -0.298 e. The maximum Gasteiger partial charge on any atom is 0.190 e. The van der Waals surface area contributed by atoms with Gasteiger partial charge in [0.1, 0.15) is 6.33 Å². The van der Waals surface area contributed by atoms with E-state index in [0.717, 1.165) is 20.8 Å². The van der Waals surface area contributed by atoms with Crippen molar-refractivity contribution in [2.45, 2.75) is 10.1 Å². The zero-order chi connectivity index (χ0) is 11.5. The van der Waals surface area contributed by atoms with Gasteiger partial charge in [0.2, 0.25) is 0 Å². The number of halogens is 1. The highest BCUT2D eigenvalue weighted by Crippen LogP contribution is 2.30. The fourth-order valence-electron chi connectivity index (χ4n) is 1.17. The first-order valence-electron chi connectivity index (χ1n) is 4.47. The smallest absolute Gasteiger partial charge is 0.190 e. The third-order valence-corrected chi connectivity index (χ3v) is 3.59. The van der Waals surface area contributed by atoms with E-state index >= 15 is 0 Å². The van der Waals surface area contributed by atoms with Gasteiger partial charge in [0.25, 0.3) is 0 Å². The topological polar surface area (TPSA) is 47.8 Å². The molecule has 0 spiro atoms. The lowest BCUT2D eigenvalue weighted by Crippen LogP contribution is -1.93. The van der Waals surface area contributed by atoms with E-state index in [2.05, 4.69) is 26.0 Å². The van der Waals surface area contributed by atoms with Crippen LogP contribution >= 0.6 is 27.7 Å². The van der Waals surface area contributed by atoms with E-state index in [4.69, 9.17) is 0 Å². The molecular weight excluding hydrogens is 290 g/mol. The average molecular weight is 298 g/mol. The third-order valence-electron chi connectivity index (χ3n) is 1.97. The molecule has 0 aliphatic carbocycles. The van der Waals surface area contributed by atoms with Crippen LogP contribution in [0.15, 0.2) is 39.1 Å². The van der Waals surface area contributed by atoms with Gasteiger partial charge < -0.3 is 0 Å². The normalized spacial score (nSPS) is 10.4. The molecule has 1 aromatic heterocycles. The van der Waals surface area contributed by atoms with Crippen LogP contribution in [0.5, 0.6) is 0 Å². The van der Waals surface area contributed by atoms with Gasteiger partial charge in [-0.25, -0.2) is 9.67 Å². The number of hydrogen-bond donors (Lipinski definition) is 0. The van der Waals surface area contributed by atoms with Gasteiger partial charge in [0.05, 0.1) is 0 Å². The molecule has 2 rings (SSSR count). The van der Waals surface area contributed by atoms with E-state index in [1.54, 1.807) is 10.7 Å². The molecule has 0 atom stereocenters. The van der Waals surface area contributed by atoms with Crippen molar-refractivity contribution in [1.82, 2.24) is 14.8 Å². The summed E-state index contributed by atoms with van der Waals surface area (Å²) >= 11 is 4.79. The maximum absolute atomic E-state index is 10.9. The molecule has 82 valence electrons. The molecule has 0 saturated heterocycles. The van der Waals surface area contributed by atoms with Crippen molar-refractivity contribution in [3.8, 4) is 0 Å². The average Bonchev–Trinajstić information content (AvgIpc) is 2.65. The Bertz CT molecular complexity index is 527. The fourth-order valence-corrected chi connectivity index (χ4v) is 2.58. The second-order valence-corrected chi connectivity index (χ2v) is 4.99. The van der Waals surface area contributed by atoms with Crippen LogP contribution in [0.1, 0.15) is 10.4 Å². The Morgan fingerprint density at radius 1 is 1.50 bits per heavy atom. The van der Waals surface area contributed by atoms with Crippen LogP contribution in [0.2, 0.25) is 0 Å². The summed E-state index contributed by atoms with van der Waals surface area (Å²) in [6.07, 6.45) is 2.33. The summed E-state index contributed by atoms with van der Waals surface area (Å²) in [5.41, 5.74) is 0.649. The first kappa shape index (κ1) is 11.3. The molecular formula is C10H8BrN3OS. The number of rotatable bonds is 3. The van der Waals surface area contributed by atoms with Crippen molar-refractivity contribution in [1.29, 1.82) is 0 Å². The second kappa shape index (κ2) is 4.80. The summed E-state index contributed by atoms with van der Waals surface area (Å²) in [6.45, 7) is 0. The van der Waals surface area contributed by atoms with Gasteiger partial charge in [-0.15, -0.1) is 0 Å². The van der Waals surface area contributed by atoms with Gasteiger partial charge in [0.15, 0.2) is 11.4 Å². The largest absolute Gasteiger partial charge is 0.298 e. The lowest BCUT2D eigenvalue weighted by atomic mass is 10.2. The Morgan fingerprint density at radius 3 is 2.94 bits per heavy atom. The Balaban J connectivity index is 2.37. The predicted molar refractivity (Wildman–Crippen MR) is 64.7 cm³/mol. The molecule has 0 unspecified atom stereocenters. The summed E-state index contributed by atoms with van der Waals surface area (Å²) < 4.78 is 2.60. The van der Waals surface area contributed by atoms with E-state index in [1.807, 2.05) is 19.2 Å². The zero-order valence-electron chi connectivity index (χ0n) is 8.42. The lowest BCUT2D eigenvalue weighted by Gasteiger charge is -2.04. The van der Waals surface area contributed by atoms with E-state index in [1.165, 1.54) is 18.1 Å². The standard InChI is InChI=1S/C10H8BrN3OS/c1-14-10(12-6-13-14)16-9-4-8(11)3-2-7(9)5-15/h2-6H,1H3. The highest BCUT2D eigenvalue weighted by Gasteiger charge is 2.08. The number of aromatic nitrogens is 3. The van der Waals surface area contributed by atoms with Crippen LogP contribution in [-0.4, -0.2) is 21.1 Å². The highest BCUT2D eigenvalue weighted by molar-refractivity contribution is 9.10. The Morgan fingerprint density at radius 2 is 2.31 bits per heavy atom. The van der Waals surface area contributed by atoms with Gasteiger partial charge in [-0.3, -0.25) is 4.79 Å². The van der Waals surface area contributed by atoms with Crippen molar-refractivity contribution >= 4 is 34.0 Å². The highest BCUT2D eigenvalue weighted by atomic mass is 79.9. The molecule has 4 nitrogen and oxygen atoms in total. The van der Waals surface area contributed by atoms with Gasteiger partial charge in [-0.2, -0.15) is 5.10 Å². The van der Waals surface area contributed by atoms with Crippen molar-refractivity contribution in [2.24, 2.45) is 7.05 Å². The van der Waals surface area contributed by atoms with Gasteiger partial charge >= 0.3 is 0 Å². The lowest BCUT2D eigenvalue weighted by molar-refractivity contribution is 0.112. The van der Waals surface area contributed by atoms with Gasteiger partial charge in [-0.1, -0.05) is 15.9 Å². The number of aldehydes is 1. The molecule has 16 heavy (non-hydrogen) atoms. The van der Waals surface area contributed by atoms with Crippen LogP contribution in [0.4, 0.5) is 0 Å². The number of aryl methyl sites for hydroxylation is 1. The number of benzene rings is 1. The minimum atomic E-state index is 0.649. The summed E-state index contributed by atoms with van der Waals surface area (Å²) in [5, 5.41) is 4.73. The first-order valence-corrected chi connectivity index (χ1v) is 6.08. The molecule has 0 aliphatic rings. The summed E-state index contributed by atoms with van der Waals surface area (Å²) in [4.78, 5) is 15.8. The molecule has 0 saturated carbocycles. The van der Waals surface area contributed by atoms with Gasteiger partial charge in [-0.05, 0) is 30.0 Å². The van der Waals surface area contributed by atoms with Crippen LogP contribution in [0.25, 0.3) is 0 Å². The molecule has 1 heterocycles. The van der Waals surface area contributed by atoms with E-state index in [0.29, 0.717) is 5.56 Å². The molecule has 0 amide bonds. The monoisotopic (exact) mass is 297 g/mol. The quantitative estimate of drug-likeness (QED) is 0.817. The van der Waals surface area contributed by atoms with Crippen molar-refractivity contribution < 1.29 is 4.79 Å². The second-order valence-electron chi connectivity index (χ2n) is 3.07. The summed E-state index contributed by atoms with van der Waals surface area (Å²) in [7, 11) is 1.81. The molecule has 0 N–H and O–H groups in total. The Kier molecular flexibility index (Phi) is 3.40. The molecule has 6 heteroatoms. The van der Waals surface area contributed by atoms with Crippen LogP contribution < -0.4 is 0 Å². The van der Waals surface area contributed by atoms with Crippen molar-refractivity contribution in [2.75, 3.05) is 0 Å². The van der Waals surface area contributed by atoms with E-state index < -0.39 is 0 Å². The molecule has 0 bridgehead atoms. The SMILES string of the molecule is Cn1ncnc1Sc1cc(Br)ccc1C=O. The van der Waals surface area contributed by atoms with Crippen molar-refractivity contribution in [3.05, 3.63) is 34.6 Å². The van der Waals surface area contributed by atoms with Crippen LogP contribution in [0.3, 0.4) is 0 Å².